The van der Waals surface area contributed by atoms with Crippen molar-refractivity contribution in [3.8, 4) is 17.1 Å². The maximum Gasteiger partial charge on any atom is 0.254 e. The molecule has 1 aromatic carbocycles. The fourth-order valence-electron chi connectivity index (χ4n) is 3.72. The van der Waals surface area contributed by atoms with Crippen LogP contribution in [0.15, 0.2) is 42.9 Å². The zero-order valence-corrected chi connectivity index (χ0v) is 21.2. The molecule has 1 atom stereocenters. The average molecular weight is 514 g/mol. The van der Waals surface area contributed by atoms with Gasteiger partial charge in [-0.2, -0.15) is 0 Å². The van der Waals surface area contributed by atoms with Gasteiger partial charge >= 0.3 is 0 Å². The Balaban J connectivity index is 1.54. The zero-order chi connectivity index (χ0) is 25.9. The van der Waals surface area contributed by atoms with E-state index in [-0.39, 0.29) is 22.4 Å². The maximum atomic E-state index is 15.0. The van der Waals surface area contributed by atoms with Crippen molar-refractivity contribution >= 4 is 15.7 Å². The fraction of sp³-hybridized carbons (Fsp3) is 0.400. The smallest absolute Gasteiger partial charge is 0.254 e. The van der Waals surface area contributed by atoms with Gasteiger partial charge in [-0.05, 0) is 51.3 Å². The molecule has 2 aromatic heterocycles. The fourth-order valence-corrected chi connectivity index (χ4v) is 5.30. The Morgan fingerprint density at radius 3 is 2.64 bits per heavy atom. The molecule has 1 saturated carbocycles. The number of rotatable bonds is 10. The van der Waals surface area contributed by atoms with Crippen LogP contribution in [0.25, 0.3) is 11.3 Å². The van der Waals surface area contributed by atoms with E-state index in [1.165, 1.54) is 30.7 Å². The number of carbonyl (C=O) groups excluding carboxylic acids is 1. The van der Waals surface area contributed by atoms with Crippen molar-refractivity contribution in [2.75, 3.05) is 6.61 Å². The lowest BCUT2D eigenvalue weighted by Crippen LogP contribution is -2.44. The Bertz CT molecular complexity index is 1380. The first-order chi connectivity index (χ1) is 17.1. The molecule has 11 heteroatoms. The third-order valence-electron chi connectivity index (χ3n) is 6.14. The Morgan fingerprint density at radius 1 is 1.19 bits per heavy atom. The van der Waals surface area contributed by atoms with E-state index >= 15 is 4.39 Å². The van der Waals surface area contributed by atoms with E-state index in [1.54, 1.807) is 19.1 Å². The first kappa shape index (κ1) is 25.6. The number of carbonyl (C=O) groups is 1. The van der Waals surface area contributed by atoms with Crippen LogP contribution in [0.1, 0.15) is 61.9 Å². The molecule has 190 valence electrons. The topological polar surface area (TPSA) is 124 Å². The highest BCUT2D eigenvalue weighted by molar-refractivity contribution is 7.91. The van der Waals surface area contributed by atoms with E-state index in [0.717, 1.165) is 0 Å². The number of hydrogen-bond acceptors (Lipinski definition) is 8. The molecule has 0 spiro atoms. The summed E-state index contributed by atoms with van der Waals surface area (Å²) in [7, 11) is -3.29. The minimum atomic E-state index is -3.29. The highest BCUT2D eigenvalue weighted by Gasteiger charge is 2.37. The van der Waals surface area contributed by atoms with E-state index in [0.29, 0.717) is 48.7 Å². The molecule has 1 unspecified atom stereocenters. The van der Waals surface area contributed by atoms with E-state index < -0.39 is 27.1 Å². The van der Waals surface area contributed by atoms with Crippen molar-refractivity contribution in [2.45, 2.75) is 56.6 Å². The predicted octanol–water partition coefficient (Wildman–Crippen LogP) is 3.60. The largest absolute Gasteiger partial charge is 0.477 e. The number of aromatic nitrogens is 4. The molecule has 0 radical (unpaired) electrons. The van der Waals surface area contributed by atoms with Crippen LogP contribution in [-0.2, 0) is 21.1 Å². The Kier molecular flexibility index (Phi) is 7.30. The summed E-state index contributed by atoms with van der Waals surface area (Å²) < 4.78 is 45.1. The van der Waals surface area contributed by atoms with Gasteiger partial charge < -0.3 is 10.1 Å². The van der Waals surface area contributed by atoms with Crippen LogP contribution < -0.4 is 10.1 Å². The number of nitrogens with one attached hydrogen (secondary N) is 1. The van der Waals surface area contributed by atoms with Crippen LogP contribution in [0.4, 0.5) is 4.39 Å². The molecule has 1 fully saturated rings. The molecule has 1 N–H and O–H groups in total. The highest BCUT2D eigenvalue weighted by Crippen LogP contribution is 2.31. The molecule has 1 aliphatic rings. The SMILES string of the molecule is CCOc1cncc(-c2ccc(C(=O)NC(C)(CC)c3ccnc(CS(=O)(=O)C4CC4)n3)c(F)c2)n1. The van der Waals surface area contributed by atoms with Crippen LogP contribution >= 0.6 is 0 Å². The Hall–Kier alpha value is -3.47. The van der Waals surface area contributed by atoms with Crippen LogP contribution in [0.5, 0.6) is 5.88 Å². The van der Waals surface area contributed by atoms with Gasteiger partial charge in [0.05, 0.1) is 46.7 Å². The minimum absolute atomic E-state index is 0.141. The quantitative estimate of drug-likeness (QED) is 0.436. The van der Waals surface area contributed by atoms with Gasteiger partial charge in [-0.15, -0.1) is 0 Å². The van der Waals surface area contributed by atoms with Crippen LogP contribution in [-0.4, -0.2) is 46.1 Å². The van der Waals surface area contributed by atoms with Gasteiger partial charge in [0.25, 0.3) is 5.91 Å². The van der Waals surface area contributed by atoms with Crippen LogP contribution in [0.2, 0.25) is 0 Å². The van der Waals surface area contributed by atoms with E-state index in [9.17, 15) is 13.2 Å². The monoisotopic (exact) mass is 513 g/mol. The summed E-state index contributed by atoms with van der Waals surface area (Å²) in [4.78, 5) is 30.0. The van der Waals surface area contributed by atoms with Crippen molar-refractivity contribution in [3.05, 3.63) is 65.8 Å². The summed E-state index contributed by atoms with van der Waals surface area (Å²) >= 11 is 0. The number of amides is 1. The third kappa shape index (κ3) is 5.67. The summed E-state index contributed by atoms with van der Waals surface area (Å²) in [5.74, 6) is -1.08. The Labute approximate surface area is 209 Å². The van der Waals surface area contributed by atoms with Gasteiger partial charge in [-0.25, -0.2) is 27.8 Å². The molecular weight excluding hydrogens is 485 g/mol. The number of sulfone groups is 1. The van der Waals surface area contributed by atoms with E-state index in [4.69, 9.17) is 4.74 Å². The van der Waals surface area contributed by atoms with E-state index in [1.807, 2.05) is 13.8 Å². The van der Waals surface area contributed by atoms with Gasteiger partial charge in [-0.1, -0.05) is 13.0 Å². The summed E-state index contributed by atoms with van der Waals surface area (Å²) in [6, 6.07) is 5.83. The number of benzene rings is 1. The van der Waals surface area contributed by atoms with Crippen molar-refractivity contribution in [3.63, 3.8) is 0 Å². The molecule has 1 amide bonds. The van der Waals surface area contributed by atoms with Crippen molar-refractivity contribution in [1.29, 1.82) is 0 Å². The van der Waals surface area contributed by atoms with E-state index in [2.05, 4.69) is 25.3 Å². The highest BCUT2D eigenvalue weighted by atomic mass is 32.2. The van der Waals surface area contributed by atoms with Gasteiger partial charge in [0, 0.05) is 11.8 Å². The molecule has 36 heavy (non-hydrogen) atoms. The lowest BCUT2D eigenvalue weighted by molar-refractivity contribution is 0.0895. The number of hydrogen-bond donors (Lipinski definition) is 1. The first-order valence-corrected chi connectivity index (χ1v) is 13.5. The number of nitrogens with zero attached hydrogens (tertiary/aromatic N) is 4. The third-order valence-corrected chi connectivity index (χ3v) is 8.29. The summed E-state index contributed by atoms with van der Waals surface area (Å²) in [6.07, 6.45) is 6.20. The standard InChI is InChI=1S/C25H28FN5O4S/c1-4-25(3,21-10-11-28-22(30-21)15-36(33,34)17-7-8-17)31-24(32)18-9-6-16(12-19(18)26)20-13-27-14-23(29-20)35-5-2/h6,9-14,17H,4-5,7-8,15H2,1-3H3,(H,31,32). The Morgan fingerprint density at radius 2 is 1.97 bits per heavy atom. The molecule has 3 aromatic rings. The van der Waals surface area contributed by atoms with Crippen LogP contribution in [0.3, 0.4) is 0 Å². The average Bonchev–Trinajstić information content (AvgIpc) is 3.71. The molecule has 0 bridgehead atoms. The lowest BCUT2D eigenvalue weighted by Gasteiger charge is -2.29. The van der Waals surface area contributed by atoms with Gasteiger partial charge in [0.1, 0.15) is 17.4 Å². The first-order valence-electron chi connectivity index (χ1n) is 11.8. The molecule has 4 rings (SSSR count). The molecular formula is C25H28FN5O4S. The number of ether oxygens (including phenoxy) is 1. The van der Waals surface area contributed by atoms with Crippen LogP contribution in [0, 0.1) is 5.82 Å². The molecule has 2 heterocycles. The predicted molar refractivity (Wildman–Crippen MR) is 131 cm³/mol. The normalized spacial score (nSPS) is 15.2. The second-order valence-corrected chi connectivity index (χ2v) is 11.2. The summed E-state index contributed by atoms with van der Waals surface area (Å²) in [5, 5.41) is 2.54. The molecule has 9 nitrogen and oxygen atoms in total. The van der Waals surface area contributed by atoms with Crippen molar-refractivity contribution < 1.29 is 22.3 Å². The molecule has 0 saturated heterocycles. The van der Waals surface area contributed by atoms with Gasteiger partial charge in [-0.3, -0.25) is 9.78 Å². The minimum Gasteiger partial charge on any atom is -0.477 e. The lowest BCUT2D eigenvalue weighted by atomic mass is 9.93. The molecule has 1 aliphatic carbocycles. The second kappa shape index (κ2) is 10.3. The number of halogens is 1. The summed E-state index contributed by atoms with van der Waals surface area (Å²) in [6.45, 7) is 5.86. The van der Waals surface area contributed by atoms with Gasteiger partial charge in [0.15, 0.2) is 9.84 Å². The second-order valence-electron chi connectivity index (χ2n) is 8.87. The summed E-state index contributed by atoms with van der Waals surface area (Å²) in [5.41, 5.74) is 0.210. The van der Waals surface area contributed by atoms with Crippen molar-refractivity contribution in [2.24, 2.45) is 0 Å². The molecule has 0 aliphatic heterocycles. The maximum absolute atomic E-state index is 15.0. The van der Waals surface area contributed by atoms with Crippen molar-refractivity contribution in [1.82, 2.24) is 25.3 Å². The van der Waals surface area contributed by atoms with Gasteiger partial charge in [0.2, 0.25) is 5.88 Å². The zero-order valence-electron chi connectivity index (χ0n) is 20.4.